The van der Waals surface area contributed by atoms with Gasteiger partial charge in [0.25, 0.3) is 0 Å². The highest BCUT2D eigenvalue weighted by Crippen LogP contribution is 2.19. The summed E-state index contributed by atoms with van der Waals surface area (Å²) in [6.45, 7) is 1.92. The van der Waals surface area contributed by atoms with Crippen LogP contribution in [0.15, 0.2) is 89.3 Å². The van der Waals surface area contributed by atoms with Gasteiger partial charge in [-0.1, -0.05) is 48.5 Å². The Hall–Kier alpha value is -4.46. The number of nitrogens with one attached hydrogen (secondary N) is 3. The third-order valence-corrected chi connectivity index (χ3v) is 5.36. The molecule has 0 saturated heterocycles. The van der Waals surface area contributed by atoms with Gasteiger partial charge in [-0.25, -0.2) is 4.79 Å². The van der Waals surface area contributed by atoms with Crippen LogP contribution in [0.4, 0.5) is 16.2 Å². The number of carbonyl (C=O) groups excluding carboxylic acids is 2. The molecule has 4 rings (SSSR count). The van der Waals surface area contributed by atoms with Crippen molar-refractivity contribution in [2.75, 3.05) is 10.6 Å². The van der Waals surface area contributed by atoms with E-state index in [1.807, 2.05) is 91.9 Å². The van der Waals surface area contributed by atoms with Crippen molar-refractivity contribution in [2.24, 2.45) is 0 Å². The molecule has 1 unspecified atom stereocenters. The van der Waals surface area contributed by atoms with E-state index in [4.69, 9.17) is 4.42 Å². The molecule has 0 saturated carbocycles. The van der Waals surface area contributed by atoms with Crippen LogP contribution in [-0.4, -0.2) is 22.1 Å². The monoisotopic (exact) mass is 469 g/mol. The Morgan fingerprint density at radius 3 is 2.14 bits per heavy atom. The first-order valence-electron chi connectivity index (χ1n) is 11.5. The molecule has 178 valence electrons. The number of hydrogen-bond acceptors (Lipinski definition) is 5. The predicted octanol–water partition coefficient (Wildman–Crippen LogP) is 5.58. The lowest BCUT2D eigenvalue weighted by atomic mass is 10.1. The fourth-order valence-electron chi connectivity index (χ4n) is 3.52. The van der Waals surface area contributed by atoms with E-state index < -0.39 is 0 Å². The van der Waals surface area contributed by atoms with Crippen LogP contribution in [0.25, 0.3) is 11.5 Å². The smallest absolute Gasteiger partial charge is 0.323 e. The maximum absolute atomic E-state index is 12.4. The van der Waals surface area contributed by atoms with Crippen molar-refractivity contribution in [2.45, 2.75) is 32.2 Å². The maximum atomic E-state index is 12.4. The Bertz CT molecular complexity index is 1240. The molecule has 35 heavy (non-hydrogen) atoms. The number of aromatic nitrogens is 2. The lowest BCUT2D eigenvalue weighted by Gasteiger charge is -2.15. The normalized spacial score (nSPS) is 11.5. The van der Waals surface area contributed by atoms with Crippen LogP contribution < -0.4 is 16.0 Å². The lowest BCUT2D eigenvalue weighted by molar-refractivity contribution is -0.121. The number of amides is 3. The number of benzene rings is 3. The van der Waals surface area contributed by atoms with E-state index >= 15 is 0 Å². The molecule has 1 heterocycles. The summed E-state index contributed by atoms with van der Waals surface area (Å²) in [4.78, 5) is 24.5. The molecular formula is C27H27N5O3. The van der Waals surface area contributed by atoms with Gasteiger partial charge in [0.1, 0.15) is 0 Å². The molecule has 1 aromatic heterocycles. The average molecular weight is 470 g/mol. The number of para-hydroxylation sites is 1. The number of nitrogens with zero attached hydrogens (tertiary/aromatic N) is 2. The highest BCUT2D eigenvalue weighted by Gasteiger charge is 2.12. The van der Waals surface area contributed by atoms with Crippen molar-refractivity contribution in [3.63, 3.8) is 0 Å². The van der Waals surface area contributed by atoms with E-state index in [9.17, 15) is 9.59 Å². The number of aryl methyl sites for hydroxylation is 1. The van der Waals surface area contributed by atoms with Crippen molar-refractivity contribution >= 4 is 23.3 Å². The van der Waals surface area contributed by atoms with Gasteiger partial charge in [-0.2, -0.15) is 0 Å². The number of urea groups is 1. The van der Waals surface area contributed by atoms with Gasteiger partial charge in [0, 0.05) is 29.8 Å². The Balaban J connectivity index is 1.20. The van der Waals surface area contributed by atoms with E-state index in [0.29, 0.717) is 42.4 Å². The van der Waals surface area contributed by atoms with Gasteiger partial charge in [-0.05, 0) is 55.3 Å². The molecule has 0 aliphatic rings. The fourth-order valence-corrected chi connectivity index (χ4v) is 3.52. The highest BCUT2D eigenvalue weighted by molar-refractivity contribution is 5.99. The summed E-state index contributed by atoms with van der Waals surface area (Å²) in [6.07, 6.45) is 1.49. The van der Waals surface area contributed by atoms with E-state index in [2.05, 4.69) is 26.1 Å². The minimum Gasteiger partial charge on any atom is -0.421 e. The van der Waals surface area contributed by atoms with Crippen LogP contribution in [-0.2, 0) is 11.2 Å². The average Bonchev–Trinajstić information content (AvgIpc) is 3.34. The first-order chi connectivity index (χ1) is 17.1. The Morgan fingerprint density at radius 1 is 0.829 bits per heavy atom. The van der Waals surface area contributed by atoms with Crippen molar-refractivity contribution in [3.05, 3.63) is 96.4 Å². The third-order valence-electron chi connectivity index (χ3n) is 5.36. The van der Waals surface area contributed by atoms with Gasteiger partial charge in [-0.15, -0.1) is 10.2 Å². The van der Waals surface area contributed by atoms with E-state index in [0.717, 1.165) is 11.1 Å². The minimum absolute atomic E-state index is 0.0512. The fraction of sp³-hybridized carbons (Fsp3) is 0.185. The van der Waals surface area contributed by atoms with Gasteiger partial charge >= 0.3 is 6.03 Å². The molecule has 8 heteroatoms. The van der Waals surface area contributed by atoms with Crippen molar-refractivity contribution in [1.82, 2.24) is 15.5 Å². The summed E-state index contributed by atoms with van der Waals surface area (Å²) >= 11 is 0. The van der Waals surface area contributed by atoms with Crippen LogP contribution in [0, 0.1) is 0 Å². The zero-order valence-electron chi connectivity index (χ0n) is 19.4. The summed E-state index contributed by atoms with van der Waals surface area (Å²) < 4.78 is 5.69. The second-order valence-electron chi connectivity index (χ2n) is 8.08. The molecule has 4 aromatic rings. The molecule has 0 aliphatic heterocycles. The number of rotatable bonds is 9. The molecule has 1 atom stereocenters. The standard InChI is InChI=1S/C27H27N5O3/c1-19(20-15-17-23(18-16-20)30-27(34)29-22-11-6-3-7-12-22)28-24(33)13-8-14-25-31-32-26(35-25)21-9-4-2-5-10-21/h2-7,9-12,15-19H,8,13-14H2,1H3,(H,28,33)(H2,29,30,34). The molecule has 0 aliphatic carbocycles. The summed E-state index contributed by atoms with van der Waals surface area (Å²) in [6, 6.07) is 25.7. The molecule has 8 nitrogen and oxygen atoms in total. The highest BCUT2D eigenvalue weighted by atomic mass is 16.4. The summed E-state index contributed by atoms with van der Waals surface area (Å²) in [5.74, 6) is 0.947. The minimum atomic E-state index is -0.317. The Labute approximate surface area is 203 Å². The van der Waals surface area contributed by atoms with E-state index in [-0.39, 0.29) is 18.0 Å². The van der Waals surface area contributed by atoms with Crippen molar-refractivity contribution in [1.29, 1.82) is 0 Å². The van der Waals surface area contributed by atoms with Crippen LogP contribution in [0.2, 0.25) is 0 Å². The van der Waals surface area contributed by atoms with Crippen LogP contribution in [0.5, 0.6) is 0 Å². The van der Waals surface area contributed by atoms with Crippen LogP contribution in [0.3, 0.4) is 0 Å². The van der Waals surface area contributed by atoms with E-state index in [1.54, 1.807) is 0 Å². The quantitative estimate of drug-likeness (QED) is 0.296. The maximum Gasteiger partial charge on any atom is 0.323 e. The number of anilines is 2. The predicted molar refractivity (Wildman–Crippen MR) is 135 cm³/mol. The van der Waals surface area contributed by atoms with Gasteiger partial charge in [0.2, 0.25) is 17.7 Å². The summed E-state index contributed by atoms with van der Waals surface area (Å²) in [5.41, 5.74) is 3.19. The third kappa shape index (κ3) is 7.01. The second kappa shape index (κ2) is 11.6. The molecule has 0 fully saturated rings. The van der Waals surface area contributed by atoms with Crippen LogP contribution in [0.1, 0.15) is 37.3 Å². The largest absolute Gasteiger partial charge is 0.421 e. The zero-order chi connectivity index (χ0) is 24.5. The zero-order valence-corrected chi connectivity index (χ0v) is 19.4. The second-order valence-corrected chi connectivity index (χ2v) is 8.08. The lowest BCUT2D eigenvalue weighted by Crippen LogP contribution is -2.26. The molecule has 3 aromatic carbocycles. The van der Waals surface area contributed by atoms with Gasteiger partial charge < -0.3 is 20.4 Å². The van der Waals surface area contributed by atoms with Gasteiger partial charge in [-0.3, -0.25) is 4.79 Å². The topological polar surface area (TPSA) is 109 Å². The summed E-state index contributed by atoms with van der Waals surface area (Å²) in [5, 5.41) is 16.7. The molecule has 0 radical (unpaired) electrons. The van der Waals surface area contributed by atoms with E-state index in [1.165, 1.54) is 0 Å². The molecular weight excluding hydrogens is 442 g/mol. The first kappa shape index (κ1) is 23.7. The SMILES string of the molecule is CC(NC(=O)CCCc1nnc(-c2ccccc2)o1)c1ccc(NC(=O)Nc2ccccc2)cc1. The van der Waals surface area contributed by atoms with Crippen molar-refractivity contribution in [3.8, 4) is 11.5 Å². The van der Waals surface area contributed by atoms with Gasteiger partial charge in [0.05, 0.1) is 6.04 Å². The summed E-state index contributed by atoms with van der Waals surface area (Å²) in [7, 11) is 0. The van der Waals surface area contributed by atoms with Crippen LogP contribution >= 0.6 is 0 Å². The Kier molecular flexibility index (Phi) is 7.85. The molecule has 3 amide bonds. The first-order valence-corrected chi connectivity index (χ1v) is 11.5. The Morgan fingerprint density at radius 2 is 1.46 bits per heavy atom. The number of hydrogen-bond donors (Lipinski definition) is 3. The van der Waals surface area contributed by atoms with Crippen molar-refractivity contribution < 1.29 is 14.0 Å². The molecule has 0 spiro atoms. The molecule has 3 N–H and O–H groups in total. The molecule has 0 bridgehead atoms. The number of carbonyl (C=O) groups is 2. The van der Waals surface area contributed by atoms with Gasteiger partial charge in [0.15, 0.2) is 0 Å².